The van der Waals surface area contributed by atoms with E-state index in [4.69, 9.17) is 28.4 Å². The monoisotopic (exact) mass is 1010 g/mol. The lowest BCUT2D eigenvalue weighted by Gasteiger charge is -2.10. The number of rotatable bonds is 0. The summed E-state index contributed by atoms with van der Waals surface area (Å²) < 4.78 is 29.6. The third kappa shape index (κ3) is 66.6. The maximum absolute atomic E-state index is 5.07. The van der Waals surface area contributed by atoms with Gasteiger partial charge in [0.15, 0.2) is 0 Å². The number of nitrogens with one attached hydrogen (secondary N) is 6. The molecule has 4 saturated carbocycles. The highest BCUT2D eigenvalue weighted by Gasteiger charge is 1.99. The van der Waals surface area contributed by atoms with Crippen LogP contribution in [-0.4, -0.2) is 145 Å². The third-order valence-corrected chi connectivity index (χ3v) is 12.5. The largest absolute Gasteiger partial charge is 0.501 e. The molecule has 0 atom stereocenters. The average Bonchev–Trinajstić information content (AvgIpc) is 4.27. The van der Waals surface area contributed by atoms with Crippen LogP contribution in [0.5, 0.6) is 0 Å². The van der Waals surface area contributed by atoms with Crippen LogP contribution >= 0.6 is 0 Å². The molecule has 4 aliphatic carbocycles. The minimum absolute atomic E-state index is 0.819. The summed E-state index contributed by atoms with van der Waals surface area (Å²) in [6, 6.07) is 0. The lowest BCUT2D eigenvalue weighted by molar-refractivity contribution is 0.0968. The van der Waals surface area contributed by atoms with Gasteiger partial charge in [0.05, 0.1) is 52.5 Å². The zero-order chi connectivity index (χ0) is 50.2. The van der Waals surface area contributed by atoms with Crippen molar-refractivity contribution in [2.45, 2.75) is 199 Å². The first-order chi connectivity index (χ1) is 35.5. The highest BCUT2D eigenvalue weighted by atomic mass is 16.5. The van der Waals surface area contributed by atoms with Crippen LogP contribution < -0.4 is 31.9 Å². The molecule has 0 aromatic carbocycles. The molecule has 10 aliphatic heterocycles. The first-order valence-corrected chi connectivity index (χ1v) is 30.2. The first kappa shape index (κ1) is 67.6. The van der Waals surface area contributed by atoms with Gasteiger partial charge >= 0.3 is 0 Å². The van der Waals surface area contributed by atoms with Gasteiger partial charge in [0.1, 0.15) is 0 Å². The molecule has 14 rings (SSSR count). The van der Waals surface area contributed by atoms with Crippen molar-refractivity contribution in [3.05, 3.63) is 36.6 Å². The maximum Gasteiger partial charge on any atom is 0.0908 e. The van der Waals surface area contributed by atoms with Gasteiger partial charge in [-0.25, -0.2) is 0 Å². The fourth-order valence-corrected chi connectivity index (χ4v) is 7.12. The predicted octanol–water partition coefficient (Wildman–Crippen LogP) is 11.3. The van der Waals surface area contributed by atoms with Gasteiger partial charge in [-0.1, -0.05) is 146 Å². The molecule has 7 saturated heterocycles. The number of morpholine rings is 1. The number of hydrogen-bond donors (Lipinski definition) is 6. The van der Waals surface area contributed by atoms with Crippen molar-refractivity contribution in [3.8, 4) is 0 Å². The normalized spacial score (nSPS) is 23.2. The Hall–Kier alpha value is -1.42. The second-order valence-corrected chi connectivity index (χ2v) is 19.6. The third-order valence-electron chi connectivity index (χ3n) is 12.5. The highest BCUT2D eigenvalue weighted by Crippen LogP contribution is 2.16. The van der Waals surface area contributed by atoms with Gasteiger partial charge < -0.3 is 60.3 Å². The zero-order valence-corrected chi connectivity index (χ0v) is 46.4. The topological polar surface area (TPSA) is 128 Å². The zero-order valence-electron chi connectivity index (χ0n) is 46.4. The second kappa shape index (κ2) is 64.7. The number of piperidine rings is 1. The first-order valence-electron chi connectivity index (χ1n) is 30.2. The van der Waals surface area contributed by atoms with Crippen LogP contribution in [0, 0.1) is 0 Å². The van der Waals surface area contributed by atoms with Crippen LogP contribution in [0.15, 0.2) is 36.6 Å². The Morgan fingerprint density at radius 2 is 0.535 bits per heavy atom. The fraction of sp³-hybridized carbons (Fsp3) is 0.898. The van der Waals surface area contributed by atoms with Crippen molar-refractivity contribution >= 4 is 0 Å². The molecule has 0 aromatic heterocycles. The average molecular weight is 1010 g/mol. The lowest BCUT2D eigenvalue weighted by atomic mass is 10.0. The molecule has 14 aliphatic rings. The van der Waals surface area contributed by atoms with Gasteiger partial charge in [0.2, 0.25) is 0 Å². The van der Waals surface area contributed by atoms with Crippen LogP contribution in [0.4, 0.5) is 0 Å². The Morgan fingerprint density at radius 1 is 0.211 bits per heavy atom. The Balaban J connectivity index is 0.000000383. The van der Waals surface area contributed by atoms with E-state index in [0.717, 1.165) is 118 Å². The smallest absolute Gasteiger partial charge is 0.0908 e. The van der Waals surface area contributed by atoms with Gasteiger partial charge in [-0.3, -0.25) is 0 Å². The van der Waals surface area contributed by atoms with E-state index < -0.39 is 0 Å². The molecule has 0 radical (unpaired) electrons. The second-order valence-electron chi connectivity index (χ2n) is 19.6. The SMILES string of the molecule is C1=CCOC1.C1=CCOCC1.C1=COCC1.C1CC1.C1CCC1.C1CCCC1.C1CCCCC1.C1CCNC1.C1CCNCC1.C1CCOC1.C1CCOCC1.C1CNC1.C1CNCN1.C1COCCN1. The molecule has 420 valence electrons. The minimum Gasteiger partial charge on any atom is -0.501 e. The minimum atomic E-state index is 0.819. The predicted molar refractivity (Wildman–Crippen MR) is 303 cm³/mol. The van der Waals surface area contributed by atoms with Crippen molar-refractivity contribution < 1.29 is 28.4 Å². The summed E-state index contributed by atoms with van der Waals surface area (Å²) in [5.41, 5.74) is 0. The van der Waals surface area contributed by atoms with Gasteiger partial charge in [0.25, 0.3) is 0 Å². The molecule has 0 spiro atoms. The van der Waals surface area contributed by atoms with E-state index in [0.29, 0.717) is 0 Å². The van der Waals surface area contributed by atoms with Crippen LogP contribution in [0.3, 0.4) is 0 Å². The molecule has 10 heterocycles. The molecule has 0 unspecified atom stereocenters. The molecule has 0 aromatic rings. The molecule has 0 bridgehead atoms. The summed E-state index contributed by atoms with van der Waals surface area (Å²) >= 11 is 0. The van der Waals surface area contributed by atoms with E-state index in [1.54, 1.807) is 6.26 Å². The molecule has 12 heteroatoms. The van der Waals surface area contributed by atoms with Crippen molar-refractivity contribution in [3.63, 3.8) is 0 Å². The summed E-state index contributed by atoms with van der Waals surface area (Å²) in [5, 5.41) is 19.0. The molecule has 0 amide bonds. The molecular formula is C59H118N6O6. The Kier molecular flexibility index (Phi) is 61.6. The summed E-state index contributed by atoms with van der Waals surface area (Å²) in [4.78, 5) is 0. The molecule has 12 nitrogen and oxygen atoms in total. The van der Waals surface area contributed by atoms with Crippen molar-refractivity contribution in [2.24, 2.45) is 0 Å². The van der Waals surface area contributed by atoms with Crippen LogP contribution in [-0.2, 0) is 28.4 Å². The number of hydrogen-bond acceptors (Lipinski definition) is 12. The summed E-state index contributed by atoms with van der Waals surface area (Å²) in [6.07, 6.45) is 56.0. The van der Waals surface area contributed by atoms with Crippen LogP contribution in [0.25, 0.3) is 0 Å². The van der Waals surface area contributed by atoms with Gasteiger partial charge in [-0.2, -0.15) is 0 Å². The molecule has 6 N–H and O–H groups in total. The Labute approximate surface area is 439 Å². The quantitative estimate of drug-likeness (QED) is 0.129. The van der Waals surface area contributed by atoms with E-state index in [1.165, 1.54) is 225 Å². The Bertz CT molecular complexity index is 797. The van der Waals surface area contributed by atoms with E-state index in [9.17, 15) is 0 Å². The molecular weight excluding hydrogens is 889 g/mol. The van der Waals surface area contributed by atoms with E-state index in [-0.39, 0.29) is 0 Å². The van der Waals surface area contributed by atoms with E-state index in [2.05, 4.69) is 38.0 Å². The fourth-order valence-electron chi connectivity index (χ4n) is 7.12. The van der Waals surface area contributed by atoms with Gasteiger partial charge in [-0.05, 0) is 116 Å². The maximum atomic E-state index is 5.07. The van der Waals surface area contributed by atoms with E-state index >= 15 is 0 Å². The molecule has 71 heavy (non-hydrogen) atoms. The standard InChI is InChI=1S/C6H12.C5H11N.C5H10O.C5H8O.C5H10.C4H9NO.C4H9N.C4H8O.2C4H6O.C4H8.C3H8N2.C3H7N.C3H6/c4*1-2-4-6-5-3-1;1-2-4-5-3-1;1-3-6-4-2-5-1;4*1-2-4-5-3-1;1-2-4-3-1;1-2-5-3-4-1;1-2-4-3-1;1-2-3-1/h1-6H2;6H,1-5H2;1-5H2;1-2H,3-5H2;1-5H2;5H,1-4H2;5H,1-4H2;1-4H2;1,3H,2,4H2;1-2H,3-4H2;1-4H2;4-5H,1-3H2;4H,1-3H2;1-3H2. The molecule has 11 fully saturated rings. The van der Waals surface area contributed by atoms with Crippen molar-refractivity contribution in [1.82, 2.24) is 31.9 Å². The van der Waals surface area contributed by atoms with Crippen molar-refractivity contribution in [2.75, 3.05) is 145 Å². The van der Waals surface area contributed by atoms with Crippen LogP contribution in [0.1, 0.15) is 199 Å². The van der Waals surface area contributed by atoms with Crippen LogP contribution in [0.2, 0.25) is 0 Å². The van der Waals surface area contributed by atoms with Crippen molar-refractivity contribution in [1.29, 1.82) is 0 Å². The number of ether oxygens (including phenoxy) is 6. The Morgan fingerprint density at radius 3 is 0.676 bits per heavy atom. The lowest BCUT2D eigenvalue weighted by Crippen LogP contribution is -2.30. The summed E-state index contributed by atoms with van der Waals surface area (Å²) in [6.45, 7) is 22.9. The van der Waals surface area contributed by atoms with Gasteiger partial charge in [0, 0.05) is 65.7 Å². The summed E-state index contributed by atoms with van der Waals surface area (Å²) in [7, 11) is 0. The highest BCUT2D eigenvalue weighted by molar-refractivity contribution is 4.86. The van der Waals surface area contributed by atoms with E-state index in [1.807, 2.05) is 24.3 Å². The van der Waals surface area contributed by atoms with Gasteiger partial charge in [-0.15, -0.1) is 0 Å². The summed E-state index contributed by atoms with van der Waals surface area (Å²) in [5.74, 6) is 0.